The number of amides is 1. The molecule has 0 unspecified atom stereocenters. The second kappa shape index (κ2) is 8.14. The van der Waals surface area contributed by atoms with Gasteiger partial charge in [0.25, 0.3) is 11.5 Å². The van der Waals surface area contributed by atoms with Crippen molar-refractivity contribution in [3.63, 3.8) is 0 Å². The first kappa shape index (κ1) is 19.3. The summed E-state index contributed by atoms with van der Waals surface area (Å²) in [6, 6.07) is 11.5. The maximum atomic E-state index is 13.0. The summed E-state index contributed by atoms with van der Waals surface area (Å²) in [5.74, 6) is -0.531. The highest BCUT2D eigenvalue weighted by molar-refractivity contribution is 6.30. The summed E-state index contributed by atoms with van der Waals surface area (Å²) in [5, 5.41) is 17.8. The van der Waals surface area contributed by atoms with E-state index in [4.69, 9.17) is 11.6 Å². The van der Waals surface area contributed by atoms with Crippen LogP contribution in [-0.2, 0) is 0 Å². The number of aliphatic hydroxyl groups excluding tert-OH is 1. The van der Waals surface area contributed by atoms with Gasteiger partial charge in [-0.3, -0.25) is 14.6 Å². The lowest BCUT2D eigenvalue weighted by atomic mass is 10.1. The molecule has 0 bridgehead atoms. The summed E-state index contributed by atoms with van der Waals surface area (Å²) >= 11 is 5.97. The van der Waals surface area contributed by atoms with Crippen molar-refractivity contribution in [2.75, 3.05) is 0 Å². The van der Waals surface area contributed by atoms with E-state index in [1.165, 1.54) is 12.3 Å². The molecule has 1 aromatic carbocycles. The molecule has 2 N–H and O–H groups in total. The van der Waals surface area contributed by atoms with Crippen molar-refractivity contribution in [2.45, 2.75) is 31.4 Å². The van der Waals surface area contributed by atoms with Crippen molar-refractivity contribution in [3.8, 4) is 16.9 Å². The third-order valence-corrected chi connectivity index (χ3v) is 5.23. The molecule has 2 aromatic heterocycles. The largest absolute Gasteiger partial charge is 0.391 e. The minimum Gasteiger partial charge on any atom is -0.391 e. The summed E-state index contributed by atoms with van der Waals surface area (Å²) < 4.78 is 1.16. The Bertz CT molecular complexity index is 1080. The molecule has 2 atom stereocenters. The Morgan fingerprint density at radius 3 is 2.66 bits per heavy atom. The van der Waals surface area contributed by atoms with E-state index < -0.39 is 17.6 Å². The molecule has 7 nitrogen and oxygen atoms in total. The van der Waals surface area contributed by atoms with Crippen LogP contribution in [0.5, 0.6) is 0 Å². The number of aromatic nitrogens is 3. The van der Waals surface area contributed by atoms with Gasteiger partial charge in [-0.15, -0.1) is 0 Å². The second-order valence-electron chi connectivity index (χ2n) is 6.96. The number of aliphatic hydroxyl groups is 1. The van der Waals surface area contributed by atoms with Crippen LogP contribution in [-0.4, -0.2) is 37.9 Å². The molecule has 0 aliphatic heterocycles. The number of hydrogen-bond donors (Lipinski definition) is 2. The minimum atomic E-state index is -0.600. The molecule has 4 rings (SSSR count). The van der Waals surface area contributed by atoms with Crippen molar-refractivity contribution >= 4 is 17.5 Å². The Morgan fingerprint density at radius 2 is 2.00 bits per heavy atom. The SMILES string of the molecule is O=C(N[C@H]1CCC[C@@H]1O)c1cc(-c2ccc(Cl)cc2)nn(-c2cccnc2)c1=O. The average molecular weight is 411 g/mol. The highest BCUT2D eigenvalue weighted by atomic mass is 35.5. The van der Waals surface area contributed by atoms with Gasteiger partial charge in [0.15, 0.2) is 0 Å². The number of pyridine rings is 1. The van der Waals surface area contributed by atoms with E-state index in [0.29, 0.717) is 34.8 Å². The van der Waals surface area contributed by atoms with Crippen molar-refractivity contribution < 1.29 is 9.90 Å². The van der Waals surface area contributed by atoms with Crippen LogP contribution < -0.4 is 10.9 Å². The van der Waals surface area contributed by atoms with Crippen LogP contribution in [0.15, 0.2) is 59.7 Å². The number of benzene rings is 1. The van der Waals surface area contributed by atoms with Gasteiger partial charge >= 0.3 is 0 Å². The van der Waals surface area contributed by atoms with E-state index >= 15 is 0 Å². The standard InChI is InChI=1S/C21H19ClN4O3/c22-14-8-6-13(7-9-14)18-11-16(20(28)24-17-4-1-5-19(17)27)21(29)26(25-18)15-3-2-10-23-12-15/h2-3,6-12,17,19,27H,1,4-5H2,(H,24,28)/t17-,19-/m0/s1. The fraction of sp³-hybridized carbons (Fsp3) is 0.238. The fourth-order valence-electron chi connectivity index (χ4n) is 3.43. The molecule has 1 amide bonds. The van der Waals surface area contributed by atoms with Gasteiger partial charge in [0.1, 0.15) is 5.56 Å². The number of hydrogen-bond acceptors (Lipinski definition) is 5. The number of carbonyl (C=O) groups is 1. The van der Waals surface area contributed by atoms with Crippen LogP contribution in [0.3, 0.4) is 0 Å². The van der Waals surface area contributed by atoms with E-state index in [1.54, 1.807) is 42.6 Å². The van der Waals surface area contributed by atoms with Crippen molar-refractivity contribution in [1.29, 1.82) is 0 Å². The van der Waals surface area contributed by atoms with Gasteiger partial charge in [-0.2, -0.15) is 9.78 Å². The Balaban J connectivity index is 1.81. The Labute approximate surface area is 172 Å². The number of halogens is 1. The molecule has 1 aliphatic carbocycles. The topological polar surface area (TPSA) is 97.1 Å². The molecule has 0 radical (unpaired) electrons. The monoisotopic (exact) mass is 410 g/mol. The van der Waals surface area contributed by atoms with Crippen LogP contribution >= 0.6 is 11.6 Å². The molecule has 2 heterocycles. The molecule has 0 spiro atoms. The van der Waals surface area contributed by atoms with E-state index in [2.05, 4.69) is 15.4 Å². The van der Waals surface area contributed by atoms with E-state index in [-0.39, 0.29) is 11.6 Å². The van der Waals surface area contributed by atoms with Gasteiger partial charge < -0.3 is 10.4 Å². The number of nitrogens with one attached hydrogen (secondary N) is 1. The van der Waals surface area contributed by atoms with Gasteiger partial charge in [-0.1, -0.05) is 23.7 Å². The van der Waals surface area contributed by atoms with Gasteiger partial charge in [-0.05, 0) is 49.6 Å². The third kappa shape index (κ3) is 4.06. The second-order valence-corrected chi connectivity index (χ2v) is 7.39. The van der Waals surface area contributed by atoms with Crippen LogP contribution in [0.1, 0.15) is 29.6 Å². The van der Waals surface area contributed by atoms with E-state index in [0.717, 1.165) is 11.1 Å². The lowest BCUT2D eigenvalue weighted by Gasteiger charge is -2.17. The first-order valence-electron chi connectivity index (χ1n) is 9.32. The number of rotatable bonds is 4. The fourth-order valence-corrected chi connectivity index (χ4v) is 3.55. The molecule has 1 saturated carbocycles. The quantitative estimate of drug-likeness (QED) is 0.689. The molecule has 3 aromatic rings. The van der Waals surface area contributed by atoms with Crippen molar-refractivity contribution in [3.05, 3.63) is 75.8 Å². The Kier molecular flexibility index (Phi) is 5.42. The summed E-state index contributed by atoms with van der Waals surface area (Å²) in [4.78, 5) is 30.0. The van der Waals surface area contributed by atoms with Crippen LogP contribution in [0.25, 0.3) is 16.9 Å². The minimum absolute atomic E-state index is 0.0482. The zero-order valence-electron chi connectivity index (χ0n) is 15.5. The number of carbonyl (C=O) groups excluding carboxylic acids is 1. The summed E-state index contributed by atoms with van der Waals surface area (Å²) in [7, 11) is 0. The molecular weight excluding hydrogens is 392 g/mol. The highest BCUT2D eigenvalue weighted by Crippen LogP contribution is 2.22. The van der Waals surface area contributed by atoms with E-state index in [1.807, 2.05) is 0 Å². The zero-order chi connectivity index (χ0) is 20.4. The predicted molar refractivity (Wildman–Crippen MR) is 109 cm³/mol. The predicted octanol–water partition coefficient (Wildman–Crippen LogP) is 2.59. The van der Waals surface area contributed by atoms with Crippen LogP contribution in [0.2, 0.25) is 5.02 Å². The first-order valence-corrected chi connectivity index (χ1v) is 9.70. The maximum Gasteiger partial charge on any atom is 0.284 e. The average Bonchev–Trinajstić information content (AvgIpc) is 3.14. The van der Waals surface area contributed by atoms with Gasteiger partial charge in [-0.25, -0.2) is 0 Å². The number of nitrogens with zero attached hydrogens (tertiary/aromatic N) is 3. The Hall–Kier alpha value is -3.03. The lowest BCUT2D eigenvalue weighted by Crippen LogP contribution is -2.42. The zero-order valence-corrected chi connectivity index (χ0v) is 16.2. The maximum absolute atomic E-state index is 13.0. The normalized spacial score (nSPS) is 18.6. The molecule has 0 saturated heterocycles. The highest BCUT2D eigenvalue weighted by Gasteiger charge is 2.28. The summed E-state index contributed by atoms with van der Waals surface area (Å²) in [5.41, 5.74) is 1.00. The van der Waals surface area contributed by atoms with Crippen molar-refractivity contribution in [1.82, 2.24) is 20.1 Å². The molecule has 29 heavy (non-hydrogen) atoms. The summed E-state index contributed by atoms with van der Waals surface area (Å²) in [6.45, 7) is 0. The van der Waals surface area contributed by atoms with Gasteiger partial charge in [0.2, 0.25) is 0 Å². The molecular formula is C21H19ClN4O3. The van der Waals surface area contributed by atoms with E-state index in [9.17, 15) is 14.7 Å². The van der Waals surface area contributed by atoms with Crippen molar-refractivity contribution in [2.24, 2.45) is 0 Å². The van der Waals surface area contributed by atoms with Crippen LogP contribution in [0.4, 0.5) is 0 Å². The van der Waals surface area contributed by atoms with Gasteiger partial charge in [0, 0.05) is 16.8 Å². The molecule has 1 aliphatic rings. The first-order chi connectivity index (χ1) is 14.0. The van der Waals surface area contributed by atoms with Crippen LogP contribution in [0, 0.1) is 0 Å². The molecule has 148 valence electrons. The summed E-state index contributed by atoms with van der Waals surface area (Å²) in [6.07, 6.45) is 4.64. The third-order valence-electron chi connectivity index (χ3n) is 4.98. The lowest BCUT2D eigenvalue weighted by molar-refractivity contribution is 0.0871. The Morgan fingerprint density at radius 1 is 1.21 bits per heavy atom. The molecule has 8 heteroatoms. The smallest absolute Gasteiger partial charge is 0.284 e. The van der Waals surface area contributed by atoms with Gasteiger partial charge in [0.05, 0.1) is 29.7 Å². The molecule has 1 fully saturated rings.